The van der Waals surface area contributed by atoms with Crippen LogP contribution in [0.1, 0.15) is 33.1 Å². The van der Waals surface area contributed by atoms with Crippen molar-refractivity contribution in [2.24, 2.45) is 5.41 Å². The highest BCUT2D eigenvalue weighted by Gasteiger charge is 2.39. The number of hydrogen-bond acceptors (Lipinski definition) is 2. The van der Waals surface area contributed by atoms with Crippen LogP contribution in [0.4, 0.5) is 0 Å². The summed E-state index contributed by atoms with van der Waals surface area (Å²) >= 11 is 0. The van der Waals surface area contributed by atoms with Gasteiger partial charge in [-0.1, -0.05) is 26.7 Å². The second-order valence-corrected chi connectivity index (χ2v) is 3.80. The summed E-state index contributed by atoms with van der Waals surface area (Å²) in [5, 5.41) is 9.68. The van der Waals surface area contributed by atoms with Crippen LogP contribution in [-0.2, 0) is 4.74 Å². The van der Waals surface area contributed by atoms with Gasteiger partial charge in [-0.05, 0) is 6.42 Å². The van der Waals surface area contributed by atoms with E-state index in [1.807, 2.05) is 0 Å². The van der Waals surface area contributed by atoms with Gasteiger partial charge in [0.15, 0.2) is 0 Å². The number of unbranched alkanes of at least 4 members (excludes halogenated alkanes) is 1. The lowest BCUT2D eigenvalue weighted by Gasteiger charge is -2.41. The SMILES string of the molecule is CCCCC(O)C1(C)COC1. The predicted molar refractivity (Wildman–Crippen MR) is 44.5 cm³/mol. The van der Waals surface area contributed by atoms with E-state index < -0.39 is 0 Å². The summed E-state index contributed by atoms with van der Waals surface area (Å²) in [6.45, 7) is 5.71. The van der Waals surface area contributed by atoms with Gasteiger partial charge in [-0.25, -0.2) is 0 Å². The van der Waals surface area contributed by atoms with Crippen LogP contribution >= 0.6 is 0 Å². The molecule has 1 rings (SSSR count). The standard InChI is InChI=1S/C9H18O2/c1-3-4-5-8(10)9(2)6-11-7-9/h8,10H,3-7H2,1-2H3. The lowest BCUT2D eigenvalue weighted by atomic mass is 9.80. The number of aliphatic hydroxyl groups excluding tert-OH is 1. The lowest BCUT2D eigenvalue weighted by Crippen LogP contribution is -2.48. The van der Waals surface area contributed by atoms with Gasteiger partial charge in [0, 0.05) is 5.41 Å². The Bertz CT molecular complexity index is 119. The van der Waals surface area contributed by atoms with E-state index in [0.29, 0.717) is 0 Å². The molecule has 2 heteroatoms. The van der Waals surface area contributed by atoms with Crippen molar-refractivity contribution in [1.82, 2.24) is 0 Å². The number of aliphatic hydroxyl groups is 1. The average Bonchev–Trinajstić information content (AvgIpc) is 1.95. The summed E-state index contributed by atoms with van der Waals surface area (Å²) in [5.41, 5.74) is 0.0647. The van der Waals surface area contributed by atoms with E-state index in [-0.39, 0.29) is 11.5 Å². The van der Waals surface area contributed by atoms with Crippen molar-refractivity contribution in [1.29, 1.82) is 0 Å². The smallest absolute Gasteiger partial charge is 0.0638 e. The third-order valence-corrected chi connectivity index (χ3v) is 2.50. The van der Waals surface area contributed by atoms with Crippen LogP contribution in [0.15, 0.2) is 0 Å². The van der Waals surface area contributed by atoms with Crippen LogP contribution in [0.5, 0.6) is 0 Å². The van der Waals surface area contributed by atoms with Crippen molar-refractivity contribution in [3.8, 4) is 0 Å². The average molecular weight is 158 g/mol. The van der Waals surface area contributed by atoms with Crippen LogP contribution < -0.4 is 0 Å². The maximum absolute atomic E-state index is 9.68. The molecule has 0 aromatic rings. The van der Waals surface area contributed by atoms with Gasteiger partial charge >= 0.3 is 0 Å². The first-order valence-corrected chi connectivity index (χ1v) is 4.45. The first-order chi connectivity index (χ1) is 5.19. The summed E-state index contributed by atoms with van der Waals surface area (Å²) in [4.78, 5) is 0. The minimum absolute atomic E-state index is 0.0647. The molecule has 0 radical (unpaired) electrons. The highest BCUT2D eigenvalue weighted by atomic mass is 16.5. The zero-order valence-electron chi connectivity index (χ0n) is 7.47. The molecule has 1 fully saturated rings. The largest absolute Gasteiger partial charge is 0.392 e. The third kappa shape index (κ3) is 1.94. The summed E-state index contributed by atoms with van der Waals surface area (Å²) in [5.74, 6) is 0. The van der Waals surface area contributed by atoms with E-state index in [1.165, 1.54) is 0 Å². The van der Waals surface area contributed by atoms with E-state index in [4.69, 9.17) is 4.74 Å². The predicted octanol–water partition coefficient (Wildman–Crippen LogP) is 1.57. The van der Waals surface area contributed by atoms with Crippen molar-refractivity contribution >= 4 is 0 Å². The van der Waals surface area contributed by atoms with Crippen LogP contribution in [-0.4, -0.2) is 24.4 Å². The monoisotopic (exact) mass is 158 g/mol. The Morgan fingerprint density at radius 2 is 2.18 bits per heavy atom. The quantitative estimate of drug-likeness (QED) is 0.673. The van der Waals surface area contributed by atoms with Gasteiger partial charge in [0.2, 0.25) is 0 Å². The van der Waals surface area contributed by atoms with E-state index in [1.54, 1.807) is 0 Å². The Labute approximate surface area is 68.6 Å². The van der Waals surface area contributed by atoms with Gasteiger partial charge in [-0.2, -0.15) is 0 Å². The molecule has 66 valence electrons. The highest BCUT2D eigenvalue weighted by molar-refractivity contribution is 4.87. The first-order valence-electron chi connectivity index (χ1n) is 4.45. The Kier molecular flexibility index (Phi) is 2.90. The topological polar surface area (TPSA) is 29.5 Å². The van der Waals surface area contributed by atoms with E-state index in [9.17, 15) is 5.11 Å². The van der Waals surface area contributed by atoms with Gasteiger partial charge in [0.25, 0.3) is 0 Å². The fourth-order valence-electron chi connectivity index (χ4n) is 1.36. The Morgan fingerprint density at radius 1 is 1.55 bits per heavy atom. The van der Waals surface area contributed by atoms with E-state index >= 15 is 0 Å². The molecule has 1 atom stereocenters. The fraction of sp³-hybridized carbons (Fsp3) is 1.00. The molecule has 1 saturated heterocycles. The molecule has 2 nitrogen and oxygen atoms in total. The van der Waals surface area contributed by atoms with Gasteiger partial charge in [0.05, 0.1) is 19.3 Å². The van der Waals surface area contributed by atoms with E-state index in [2.05, 4.69) is 13.8 Å². The third-order valence-electron chi connectivity index (χ3n) is 2.50. The fourth-order valence-corrected chi connectivity index (χ4v) is 1.36. The molecule has 1 unspecified atom stereocenters. The molecule has 1 aliphatic rings. The number of hydrogen-bond donors (Lipinski definition) is 1. The zero-order valence-corrected chi connectivity index (χ0v) is 7.47. The van der Waals surface area contributed by atoms with Gasteiger partial charge in [-0.3, -0.25) is 0 Å². The molecular weight excluding hydrogens is 140 g/mol. The second-order valence-electron chi connectivity index (χ2n) is 3.80. The van der Waals surface area contributed by atoms with Crippen LogP contribution in [0.2, 0.25) is 0 Å². The molecule has 0 amide bonds. The second kappa shape index (κ2) is 3.55. The summed E-state index contributed by atoms with van der Waals surface area (Å²) in [6, 6.07) is 0. The van der Waals surface area contributed by atoms with Crippen molar-refractivity contribution in [3.05, 3.63) is 0 Å². The van der Waals surface area contributed by atoms with Crippen molar-refractivity contribution in [3.63, 3.8) is 0 Å². The normalized spacial score (nSPS) is 24.3. The molecule has 0 aliphatic carbocycles. The molecule has 0 bridgehead atoms. The summed E-state index contributed by atoms with van der Waals surface area (Å²) in [7, 11) is 0. The van der Waals surface area contributed by atoms with Gasteiger partial charge in [0.1, 0.15) is 0 Å². The highest BCUT2D eigenvalue weighted by Crippen LogP contribution is 2.32. The minimum Gasteiger partial charge on any atom is -0.392 e. The summed E-state index contributed by atoms with van der Waals surface area (Å²) in [6.07, 6.45) is 3.05. The summed E-state index contributed by atoms with van der Waals surface area (Å²) < 4.78 is 5.08. The Hall–Kier alpha value is -0.0800. The van der Waals surface area contributed by atoms with Crippen LogP contribution in [0, 0.1) is 5.41 Å². The Balaban J connectivity index is 2.22. The van der Waals surface area contributed by atoms with Crippen LogP contribution in [0.3, 0.4) is 0 Å². The van der Waals surface area contributed by atoms with Gasteiger partial charge < -0.3 is 9.84 Å². The molecule has 0 aromatic heterocycles. The maximum atomic E-state index is 9.68. The molecule has 1 aliphatic heterocycles. The van der Waals surface area contributed by atoms with E-state index in [0.717, 1.165) is 32.5 Å². The molecular formula is C9H18O2. The lowest BCUT2D eigenvalue weighted by molar-refractivity contribution is -0.162. The first kappa shape index (κ1) is 9.01. The van der Waals surface area contributed by atoms with Crippen molar-refractivity contribution < 1.29 is 9.84 Å². The zero-order chi connectivity index (χ0) is 8.32. The number of ether oxygens (including phenoxy) is 1. The minimum atomic E-state index is -0.156. The molecule has 0 spiro atoms. The molecule has 0 saturated carbocycles. The van der Waals surface area contributed by atoms with Crippen molar-refractivity contribution in [2.45, 2.75) is 39.2 Å². The molecule has 1 heterocycles. The molecule has 1 N–H and O–H groups in total. The molecule has 11 heavy (non-hydrogen) atoms. The van der Waals surface area contributed by atoms with Gasteiger partial charge in [-0.15, -0.1) is 0 Å². The van der Waals surface area contributed by atoms with Crippen molar-refractivity contribution in [2.75, 3.05) is 13.2 Å². The Morgan fingerprint density at radius 3 is 2.55 bits per heavy atom. The molecule has 0 aromatic carbocycles. The number of rotatable bonds is 4. The van der Waals surface area contributed by atoms with Crippen LogP contribution in [0.25, 0.3) is 0 Å². The maximum Gasteiger partial charge on any atom is 0.0638 e.